The van der Waals surface area contributed by atoms with Gasteiger partial charge in [-0.3, -0.25) is 4.79 Å². The lowest BCUT2D eigenvalue weighted by Crippen LogP contribution is -1.91. The zero-order valence-electron chi connectivity index (χ0n) is 9.21. The predicted octanol–water partition coefficient (Wildman–Crippen LogP) is 4.46. The van der Waals surface area contributed by atoms with Crippen molar-refractivity contribution in [3.05, 3.63) is 58.3 Å². The molecule has 0 atom stereocenters. The van der Waals surface area contributed by atoms with Crippen molar-refractivity contribution in [3.8, 4) is 11.1 Å². The van der Waals surface area contributed by atoms with E-state index in [4.69, 9.17) is 0 Å². The molecule has 0 unspecified atom stereocenters. The number of ketones is 1. The maximum atomic E-state index is 13.6. The molecule has 1 nitrogen and oxygen atoms in total. The molecule has 0 bridgehead atoms. The molecule has 3 heteroatoms. The van der Waals surface area contributed by atoms with Crippen molar-refractivity contribution in [1.29, 1.82) is 0 Å². The van der Waals surface area contributed by atoms with Gasteiger partial charge in [0.05, 0.1) is 0 Å². The molecule has 0 saturated carbocycles. The average Bonchev–Trinajstić information content (AvgIpc) is 2.32. The number of halogens is 2. The van der Waals surface area contributed by atoms with Crippen LogP contribution in [0.4, 0.5) is 4.39 Å². The van der Waals surface area contributed by atoms with Gasteiger partial charge in [-0.15, -0.1) is 0 Å². The number of rotatable bonds is 2. The second-order valence-corrected chi connectivity index (χ2v) is 4.67. The molecule has 2 aromatic rings. The van der Waals surface area contributed by atoms with Crippen molar-refractivity contribution in [2.24, 2.45) is 0 Å². The maximum absolute atomic E-state index is 13.6. The fraction of sp³-hybridized carbons (Fsp3) is 0.0714. The molecule has 0 saturated heterocycles. The van der Waals surface area contributed by atoms with Gasteiger partial charge in [-0.2, -0.15) is 0 Å². The lowest BCUT2D eigenvalue weighted by molar-refractivity contribution is 0.101. The molecule has 0 spiro atoms. The number of hydrogen-bond donors (Lipinski definition) is 0. The van der Waals surface area contributed by atoms with Crippen molar-refractivity contribution in [2.45, 2.75) is 6.92 Å². The Morgan fingerprint density at radius 3 is 2.35 bits per heavy atom. The fourth-order valence-electron chi connectivity index (χ4n) is 1.60. The molecule has 0 aliphatic carbocycles. The third-order valence-corrected chi connectivity index (χ3v) is 3.02. The van der Waals surface area contributed by atoms with Crippen molar-refractivity contribution in [2.75, 3.05) is 0 Å². The monoisotopic (exact) mass is 292 g/mol. The lowest BCUT2D eigenvalue weighted by atomic mass is 10.0. The van der Waals surface area contributed by atoms with E-state index in [1.165, 1.54) is 13.0 Å². The summed E-state index contributed by atoms with van der Waals surface area (Å²) in [6.07, 6.45) is 0. The van der Waals surface area contributed by atoms with Crippen molar-refractivity contribution < 1.29 is 9.18 Å². The van der Waals surface area contributed by atoms with E-state index in [9.17, 15) is 9.18 Å². The third-order valence-electron chi connectivity index (χ3n) is 2.53. The molecule has 0 aromatic heterocycles. The van der Waals surface area contributed by atoms with Gasteiger partial charge in [0.25, 0.3) is 0 Å². The first-order chi connectivity index (χ1) is 8.08. The molecule has 0 aliphatic rings. The Balaban J connectivity index is 2.46. The fourth-order valence-corrected chi connectivity index (χ4v) is 1.96. The van der Waals surface area contributed by atoms with E-state index < -0.39 is 0 Å². The van der Waals surface area contributed by atoms with Gasteiger partial charge in [0.2, 0.25) is 0 Å². The molecule has 86 valence electrons. The number of benzene rings is 2. The van der Waals surface area contributed by atoms with Gasteiger partial charge >= 0.3 is 0 Å². The van der Waals surface area contributed by atoms with E-state index in [0.29, 0.717) is 11.1 Å². The molecule has 17 heavy (non-hydrogen) atoms. The Morgan fingerprint density at radius 1 is 1.12 bits per heavy atom. The molecule has 0 N–H and O–H groups in total. The van der Waals surface area contributed by atoms with E-state index in [2.05, 4.69) is 15.9 Å². The minimum Gasteiger partial charge on any atom is -0.295 e. The van der Waals surface area contributed by atoms with Crippen LogP contribution >= 0.6 is 15.9 Å². The first kappa shape index (κ1) is 12.0. The molecule has 0 amide bonds. The molecule has 0 fully saturated rings. The Kier molecular flexibility index (Phi) is 3.38. The molecular formula is C14H10BrFO. The van der Waals surface area contributed by atoms with Crippen LogP contribution in [0.15, 0.2) is 46.9 Å². The van der Waals surface area contributed by atoms with Crippen LogP contribution in [-0.2, 0) is 0 Å². The topological polar surface area (TPSA) is 17.1 Å². The molecule has 0 aliphatic heterocycles. The van der Waals surface area contributed by atoms with Crippen LogP contribution in [0.3, 0.4) is 0 Å². The van der Waals surface area contributed by atoms with Crippen LogP contribution in [0.5, 0.6) is 0 Å². The molecule has 2 rings (SSSR count). The highest BCUT2D eigenvalue weighted by Crippen LogP contribution is 2.26. The summed E-state index contributed by atoms with van der Waals surface area (Å²) < 4.78 is 14.5. The zero-order valence-corrected chi connectivity index (χ0v) is 10.8. The van der Waals surface area contributed by atoms with Crippen LogP contribution < -0.4 is 0 Å². The summed E-state index contributed by atoms with van der Waals surface area (Å²) in [4.78, 5) is 11.1. The smallest absolute Gasteiger partial charge is 0.159 e. The first-order valence-electron chi connectivity index (χ1n) is 5.14. The van der Waals surface area contributed by atoms with E-state index in [1.54, 1.807) is 36.4 Å². The van der Waals surface area contributed by atoms with Crippen LogP contribution in [-0.4, -0.2) is 5.78 Å². The van der Waals surface area contributed by atoms with Crippen molar-refractivity contribution in [1.82, 2.24) is 0 Å². The van der Waals surface area contributed by atoms with Gasteiger partial charge in [0.1, 0.15) is 5.82 Å². The van der Waals surface area contributed by atoms with Crippen LogP contribution in [0, 0.1) is 5.82 Å². The highest BCUT2D eigenvalue weighted by molar-refractivity contribution is 9.10. The first-order valence-corrected chi connectivity index (χ1v) is 5.93. The SMILES string of the molecule is CC(=O)c1ccc(-c2cc(Br)ccc2F)cc1. The predicted molar refractivity (Wildman–Crippen MR) is 69.5 cm³/mol. The number of Topliss-reactive ketones (excluding diaryl/α,β-unsaturated/α-hetero) is 1. The summed E-state index contributed by atoms with van der Waals surface area (Å²) in [7, 11) is 0. The zero-order chi connectivity index (χ0) is 12.4. The molecule has 2 aromatic carbocycles. The minimum absolute atomic E-state index is 0.00580. The van der Waals surface area contributed by atoms with Gasteiger partial charge in [-0.05, 0) is 30.7 Å². The summed E-state index contributed by atoms with van der Waals surface area (Å²) in [5.41, 5.74) is 1.91. The lowest BCUT2D eigenvalue weighted by Gasteiger charge is -2.05. The summed E-state index contributed by atoms with van der Waals surface area (Å²) in [6, 6.07) is 11.7. The normalized spacial score (nSPS) is 10.3. The highest BCUT2D eigenvalue weighted by Gasteiger charge is 2.06. The molecule has 0 radical (unpaired) electrons. The quantitative estimate of drug-likeness (QED) is 0.747. The van der Waals surface area contributed by atoms with E-state index in [1.807, 2.05) is 0 Å². The van der Waals surface area contributed by atoms with Crippen LogP contribution in [0.1, 0.15) is 17.3 Å². The standard InChI is InChI=1S/C14H10BrFO/c1-9(17)10-2-4-11(5-3-10)13-8-12(15)6-7-14(13)16/h2-8H,1H3. The Bertz CT molecular complexity index is 561. The Hall–Kier alpha value is -1.48. The molecule has 0 heterocycles. The summed E-state index contributed by atoms with van der Waals surface area (Å²) in [5.74, 6) is -0.268. The van der Waals surface area contributed by atoms with Crippen LogP contribution in [0.2, 0.25) is 0 Å². The highest BCUT2D eigenvalue weighted by atomic mass is 79.9. The summed E-state index contributed by atoms with van der Waals surface area (Å²) >= 11 is 3.31. The summed E-state index contributed by atoms with van der Waals surface area (Å²) in [6.45, 7) is 1.51. The van der Waals surface area contributed by atoms with Gasteiger partial charge < -0.3 is 0 Å². The van der Waals surface area contributed by atoms with Crippen molar-refractivity contribution >= 4 is 21.7 Å². The van der Waals surface area contributed by atoms with Gasteiger partial charge in [0.15, 0.2) is 5.78 Å². The second kappa shape index (κ2) is 4.80. The number of carbonyl (C=O) groups excluding carboxylic acids is 1. The second-order valence-electron chi connectivity index (χ2n) is 3.76. The van der Waals surface area contributed by atoms with Gasteiger partial charge in [-0.1, -0.05) is 40.2 Å². The Labute approximate surface area is 107 Å². The van der Waals surface area contributed by atoms with Crippen LogP contribution in [0.25, 0.3) is 11.1 Å². The van der Waals surface area contributed by atoms with E-state index in [0.717, 1.165) is 10.0 Å². The van der Waals surface area contributed by atoms with Gasteiger partial charge in [-0.25, -0.2) is 4.39 Å². The van der Waals surface area contributed by atoms with E-state index in [-0.39, 0.29) is 11.6 Å². The Morgan fingerprint density at radius 2 is 1.76 bits per heavy atom. The number of carbonyl (C=O) groups is 1. The minimum atomic E-state index is -0.274. The van der Waals surface area contributed by atoms with Crippen molar-refractivity contribution in [3.63, 3.8) is 0 Å². The maximum Gasteiger partial charge on any atom is 0.159 e. The average molecular weight is 293 g/mol. The number of hydrogen-bond acceptors (Lipinski definition) is 1. The summed E-state index contributed by atoms with van der Waals surface area (Å²) in [5, 5.41) is 0. The third kappa shape index (κ3) is 2.61. The van der Waals surface area contributed by atoms with Gasteiger partial charge in [0, 0.05) is 15.6 Å². The largest absolute Gasteiger partial charge is 0.295 e. The molecular weight excluding hydrogens is 283 g/mol. The van der Waals surface area contributed by atoms with E-state index >= 15 is 0 Å².